The van der Waals surface area contributed by atoms with Gasteiger partial charge in [0.05, 0.1) is 17.0 Å². The molecule has 5 nitrogen and oxygen atoms in total. The highest BCUT2D eigenvalue weighted by atomic mass is 32.2. The van der Waals surface area contributed by atoms with Gasteiger partial charge >= 0.3 is 5.97 Å². The van der Waals surface area contributed by atoms with E-state index in [0.29, 0.717) is 24.2 Å². The number of hydrogen-bond donors (Lipinski definition) is 0. The van der Waals surface area contributed by atoms with Crippen molar-refractivity contribution in [3.05, 3.63) is 65.5 Å². The van der Waals surface area contributed by atoms with E-state index in [1.165, 1.54) is 22.5 Å². The van der Waals surface area contributed by atoms with Gasteiger partial charge in [-0.05, 0) is 36.8 Å². The van der Waals surface area contributed by atoms with Gasteiger partial charge in [-0.25, -0.2) is 17.6 Å². The molecule has 126 valence electrons. The number of esters is 1. The number of hydrogen-bond acceptors (Lipinski definition) is 4. The number of carbonyl (C=O) groups excluding carboxylic acids is 1. The van der Waals surface area contributed by atoms with Gasteiger partial charge in [0.15, 0.2) is 0 Å². The SMILES string of the molecule is O=C(OCc1ccccc1F)c1ccc(N2CCCS2(=O)=O)cc1. The van der Waals surface area contributed by atoms with Crippen LogP contribution in [-0.4, -0.2) is 26.7 Å². The maximum Gasteiger partial charge on any atom is 0.338 e. The van der Waals surface area contributed by atoms with Gasteiger partial charge in [-0.2, -0.15) is 0 Å². The molecule has 1 aliphatic rings. The Balaban J connectivity index is 1.67. The Hall–Kier alpha value is -2.41. The second kappa shape index (κ2) is 6.60. The number of halogens is 1. The molecule has 24 heavy (non-hydrogen) atoms. The van der Waals surface area contributed by atoms with Crippen LogP contribution in [0.5, 0.6) is 0 Å². The molecule has 0 N–H and O–H groups in total. The molecule has 0 unspecified atom stereocenters. The molecule has 0 radical (unpaired) electrons. The van der Waals surface area contributed by atoms with Crippen LogP contribution in [-0.2, 0) is 21.4 Å². The van der Waals surface area contributed by atoms with Crippen LogP contribution in [0.2, 0.25) is 0 Å². The van der Waals surface area contributed by atoms with Crippen molar-refractivity contribution in [1.29, 1.82) is 0 Å². The lowest BCUT2D eigenvalue weighted by molar-refractivity contribution is 0.0469. The third kappa shape index (κ3) is 3.41. The number of carbonyl (C=O) groups is 1. The van der Waals surface area contributed by atoms with E-state index in [2.05, 4.69) is 0 Å². The number of rotatable bonds is 4. The van der Waals surface area contributed by atoms with E-state index in [1.54, 1.807) is 30.3 Å². The molecule has 0 aliphatic carbocycles. The zero-order chi connectivity index (χ0) is 17.2. The van der Waals surface area contributed by atoms with Crippen molar-refractivity contribution in [1.82, 2.24) is 0 Å². The minimum atomic E-state index is -3.25. The Morgan fingerprint density at radius 1 is 1.12 bits per heavy atom. The van der Waals surface area contributed by atoms with Crippen LogP contribution < -0.4 is 4.31 Å². The van der Waals surface area contributed by atoms with Crippen LogP contribution >= 0.6 is 0 Å². The summed E-state index contributed by atoms with van der Waals surface area (Å²) >= 11 is 0. The standard InChI is InChI=1S/C17H16FNO4S/c18-16-5-2-1-4-14(16)12-23-17(20)13-6-8-15(9-7-13)19-10-3-11-24(19,21)22/h1-2,4-9H,3,10-12H2. The third-order valence-electron chi connectivity index (χ3n) is 3.81. The predicted molar refractivity (Wildman–Crippen MR) is 87.7 cm³/mol. The van der Waals surface area contributed by atoms with Crippen molar-refractivity contribution in [2.75, 3.05) is 16.6 Å². The van der Waals surface area contributed by atoms with E-state index in [9.17, 15) is 17.6 Å². The molecular weight excluding hydrogens is 333 g/mol. The molecule has 7 heteroatoms. The van der Waals surface area contributed by atoms with Gasteiger partial charge in [-0.1, -0.05) is 18.2 Å². The molecule has 3 rings (SSSR count). The number of ether oxygens (including phenoxy) is 1. The van der Waals surface area contributed by atoms with Crippen LogP contribution in [0.4, 0.5) is 10.1 Å². The zero-order valence-electron chi connectivity index (χ0n) is 12.8. The molecule has 0 saturated carbocycles. The summed E-state index contributed by atoms with van der Waals surface area (Å²) in [6, 6.07) is 12.2. The highest BCUT2D eigenvalue weighted by Gasteiger charge is 2.28. The second-order valence-electron chi connectivity index (χ2n) is 5.46. The Bertz CT molecular complexity index is 849. The number of sulfonamides is 1. The molecule has 0 atom stereocenters. The number of nitrogens with zero attached hydrogens (tertiary/aromatic N) is 1. The summed E-state index contributed by atoms with van der Waals surface area (Å²) in [4.78, 5) is 12.0. The van der Waals surface area contributed by atoms with Crippen molar-refractivity contribution in [2.24, 2.45) is 0 Å². The summed E-state index contributed by atoms with van der Waals surface area (Å²) in [5.74, 6) is -0.881. The summed E-state index contributed by atoms with van der Waals surface area (Å²) < 4.78 is 43.7. The minimum Gasteiger partial charge on any atom is -0.457 e. The summed E-state index contributed by atoms with van der Waals surface area (Å²) in [5.41, 5.74) is 1.11. The second-order valence-corrected chi connectivity index (χ2v) is 7.47. The first-order chi connectivity index (χ1) is 11.5. The first kappa shape index (κ1) is 16.4. The lowest BCUT2D eigenvalue weighted by Gasteiger charge is -2.16. The van der Waals surface area contributed by atoms with E-state index in [-0.39, 0.29) is 17.9 Å². The number of benzene rings is 2. The predicted octanol–water partition coefficient (Wildman–Crippen LogP) is 2.72. The average Bonchev–Trinajstić information content (AvgIpc) is 2.93. The van der Waals surface area contributed by atoms with Crippen molar-refractivity contribution in [3.63, 3.8) is 0 Å². The van der Waals surface area contributed by atoms with Crippen molar-refractivity contribution in [3.8, 4) is 0 Å². The zero-order valence-corrected chi connectivity index (χ0v) is 13.6. The molecule has 2 aromatic carbocycles. The fraction of sp³-hybridized carbons (Fsp3) is 0.235. The van der Waals surface area contributed by atoms with Crippen molar-refractivity contribution in [2.45, 2.75) is 13.0 Å². The molecule has 2 aromatic rings. The molecule has 1 fully saturated rings. The monoisotopic (exact) mass is 349 g/mol. The highest BCUT2D eigenvalue weighted by molar-refractivity contribution is 7.93. The van der Waals surface area contributed by atoms with E-state index in [0.717, 1.165) is 0 Å². The average molecular weight is 349 g/mol. The molecule has 1 heterocycles. The Morgan fingerprint density at radius 2 is 1.83 bits per heavy atom. The lowest BCUT2D eigenvalue weighted by atomic mass is 10.2. The summed E-state index contributed by atoms with van der Waals surface area (Å²) in [5, 5.41) is 0. The topological polar surface area (TPSA) is 63.7 Å². The van der Waals surface area contributed by atoms with Crippen molar-refractivity contribution >= 4 is 21.7 Å². The molecule has 0 aromatic heterocycles. The maximum absolute atomic E-state index is 13.5. The van der Waals surface area contributed by atoms with E-state index < -0.39 is 21.8 Å². The van der Waals surface area contributed by atoms with Gasteiger partial charge in [-0.15, -0.1) is 0 Å². The Labute approximate surface area is 139 Å². The van der Waals surface area contributed by atoms with Crippen LogP contribution in [0.15, 0.2) is 48.5 Å². The summed E-state index contributed by atoms with van der Waals surface area (Å²) in [7, 11) is -3.25. The van der Waals surface area contributed by atoms with E-state index >= 15 is 0 Å². The first-order valence-corrected chi connectivity index (χ1v) is 9.09. The highest BCUT2D eigenvalue weighted by Crippen LogP contribution is 2.24. The quantitative estimate of drug-likeness (QED) is 0.796. The summed E-state index contributed by atoms with van der Waals surface area (Å²) in [6.45, 7) is 0.285. The Morgan fingerprint density at radius 3 is 2.46 bits per heavy atom. The summed E-state index contributed by atoms with van der Waals surface area (Å²) in [6.07, 6.45) is 0.592. The normalized spacial score (nSPS) is 16.1. The Kier molecular flexibility index (Phi) is 4.53. The van der Waals surface area contributed by atoms with Crippen LogP contribution in [0.1, 0.15) is 22.3 Å². The van der Waals surface area contributed by atoms with Crippen LogP contribution in [0.3, 0.4) is 0 Å². The van der Waals surface area contributed by atoms with E-state index in [1.807, 2.05) is 0 Å². The third-order valence-corrected chi connectivity index (χ3v) is 5.68. The van der Waals surface area contributed by atoms with Gasteiger partial charge in [0.25, 0.3) is 0 Å². The molecule has 1 saturated heterocycles. The number of anilines is 1. The van der Waals surface area contributed by atoms with Gasteiger partial charge in [0.2, 0.25) is 10.0 Å². The van der Waals surface area contributed by atoms with Crippen LogP contribution in [0, 0.1) is 5.82 Å². The van der Waals surface area contributed by atoms with Gasteiger partial charge in [0.1, 0.15) is 12.4 Å². The molecule has 0 bridgehead atoms. The first-order valence-electron chi connectivity index (χ1n) is 7.48. The van der Waals surface area contributed by atoms with Gasteiger partial charge in [0, 0.05) is 12.1 Å². The fourth-order valence-corrected chi connectivity index (χ4v) is 4.10. The minimum absolute atomic E-state index is 0.138. The van der Waals surface area contributed by atoms with Crippen molar-refractivity contribution < 1.29 is 22.3 Å². The largest absolute Gasteiger partial charge is 0.457 e. The van der Waals surface area contributed by atoms with Crippen LogP contribution in [0.25, 0.3) is 0 Å². The van der Waals surface area contributed by atoms with Gasteiger partial charge < -0.3 is 4.74 Å². The van der Waals surface area contributed by atoms with E-state index in [4.69, 9.17) is 4.74 Å². The molecular formula is C17H16FNO4S. The lowest BCUT2D eigenvalue weighted by Crippen LogP contribution is -2.25. The van der Waals surface area contributed by atoms with Gasteiger partial charge in [-0.3, -0.25) is 4.31 Å². The molecule has 1 aliphatic heterocycles. The maximum atomic E-state index is 13.5. The fourth-order valence-electron chi connectivity index (χ4n) is 2.54. The molecule has 0 spiro atoms. The smallest absolute Gasteiger partial charge is 0.338 e. The molecule has 0 amide bonds.